The van der Waals surface area contributed by atoms with E-state index in [0.717, 1.165) is 27.9 Å². The second-order valence-corrected chi connectivity index (χ2v) is 11.1. The number of anilines is 1. The van der Waals surface area contributed by atoms with Crippen molar-refractivity contribution in [1.29, 1.82) is 0 Å². The van der Waals surface area contributed by atoms with Crippen LogP contribution in [0, 0.1) is 0 Å². The molecule has 6 nitrogen and oxygen atoms in total. The molecule has 3 N–H and O–H groups in total. The van der Waals surface area contributed by atoms with E-state index >= 15 is 0 Å². The van der Waals surface area contributed by atoms with Gasteiger partial charge in [0.1, 0.15) is 18.2 Å². The quantitative estimate of drug-likeness (QED) is 0.0698. The summed E-state index contributed by atoms with van der Waals surface area (Å²) in [6.07, 6.45) is -4.09. The summed E-state index contributed by atoms with van der Waals surface area (Å²) in [5, 5.41) is 10.3. The largest absolute Gasteiger partial charge is 0.486 e. The molecule has 0 heterocycles. The minimum absolute atomic E-state index is 0.223. The SMILES string of the molecule is CC.CC(N=C(COc1ccc(-c2ccc(N)cc2)cc1)N(C)Cc1ccc(C(=O)O)cc1)c1ccc(Cl)cc1Cl.FC(F)(F)CS. The molecule has 4 rings (SSSR count). The van der Waals surface area contributed by atoms with Gasteiger partial charge < -0.3 is 20.5 Å². The minimum Gasteiger partial charge on any atom is -0.486 e. The smallest absolute Gasteiger partial charge is 0.397 e. The van der Waals surface area contributed by atoms with E-state index in [0.29, 0.717) is 28.2 Å². The van der Waals surface area contributed by atoms with E-state index in [2.05, 4.69) is 12.6 Å². The standard InChI is InChI=1S/C31H29Cl2N3O3.C2H3F3S.C2H6/c1-20(28-16-11-25(32)17-29(28)33)35-30(36(2)18-21-3-5-24(6-4-21)31(37)38)19-39-27-14-9-23(10-15-27)22-7-12-26(34)13-8-22;3-2(4,5)1-6;1-2/h3-17,20H,18-19,34H2,1-2H3,(H,37,38);6H,1H2;1-2H3. The molecule has 0 radical (unpaired) electrons. The monoisotopic (exact) mass is 707 g/mol. The van der Waals surface area contributed by atoms with E-state index in [1.807, 2.05) is 87.3 Å². The summed E-state index contributed by atoms with van der Waals surface area (Å²) in [6, 6.07) is 27.5. The molecular weight excluding hydrogens is 670 g/mol. The van der Waals surface area contributed by atoms with Crippen molar-refractivity contribution < 1.29 is 27.8 Å². The van der Waals surface area contributed by atoms with Crippen molar-refractivity contribution in [1.82, 2.24) is 4.90 Å². The molecule has 0 aliphatic carbocycles. The lowest BCUT2D eigenvalue weighted by Crippen LogP contribution is -2.32. The highest BCUT2D eigenvalue weighted by Crippen LogP contribution is 2.29. The lowest BCUT2D eigenvalue weighted by atomic mass is 10.1. The van der Waals surface area contributed by atoms with Gasteiger partial charge in [0.25, 0.3) is 0 Å². The average molecular weight is 709 g/mol. The number of nitrogens with zero attached hydrogens (tertiary/aromatic N) is 2. The zero-order chi connectivity index (χ0) is 35.1. The van der Waals surface area contributed by atoms with Gasteiger partial charge in [-0.3, -0.25) is 4.99 Å². The van der Waals surface area contributed by atoms with Gasteiger partial charge in [-0.2, -0.15) is 25.8 Å². The molecule has 0 aromatic heterocycles. The van der Waals surface area contributed by atoms with Crippen LogP contribution in [0.3, 0.4) is 0 Å². The molecule has 4 aromatic rings. The number of hydrogen-bond acceptors (Lipinski definition) is 5. The number of nitrogen functional groups attached to an aromatic ring is 1. The highest BCUT2D eigenvalue weighted by molar-refractivity contribution is 7.80. The van der Waals surface area contributed by atoms with Crippen molar-refractivity contribution >= 4 is 53.3 Å². The molecule has 252 valence electrons. The maximum Gasteiger partial charge on any atom is 0.397 e. The maximum absolute atomic E-state index is 11.2. The summed E-state index contributed by atoms with van der Waals surface area (Å²) in [4.78, 5) is 18.1. The number of aromatic carboxylic acids is 1. The van der Waals surface area contributed by atoms with E-state index in [-0.39, 0.29) is 18.2 Å². The second kappa shape index (κ2) is 19.1. The fourth-order valence-corrected chi connectivity index (χ4v) is 4.63. The molecule has 0 amide bonds. The number of ether oxygens (including phenoxy) is 1. The third kappa shape index (κ3) is 13.4. The highest BCUT2D eigenvalue weighted by Gasteiger charge is 2.23. The number of alkyl halides is 3. The Bertz CT molecular complexity index is 1590. The van der Waals surface area contributed by atoms with Gasteiger partial charge in [0.15, 0.2) is 0 Å². The lowest BCUT2D eigenvalue weighted by Gasteiger charge is -2.24. The number of hydrogen-bond donors (Lipinski definition) is 3. The first-order valence-electron chi connectivity index (χ1n) is 14.6. The number of halogens is 5. The molecule has 47 heavy (non-hydrogen) atoms. The normalized spacial score (nSPS) is 11.7. The summed E-state index contributed by atoms with van der Waals surface area (Å²) in [6.45, 7) is 6.70. The number of rotatable bonds is 9. The van der Waals surface area contributed by atoms with Gasteiger partial charge in [0.2, 0.25) is 0 Å². The van der Waals surface area contributed by atoms with Crippen LogP contribution in [0.5, 0.6) is 5.75 Å². The third-order valence-electron chi connectivity index (χ3n) is 6.46. The van der Waals surface area contributed by atoms with E-state index < -0.39 is 17.9 Å². The Labute approximate surface area is 289 Å². The first kappa shape index (κ1) is 39.3. The molecule has 0 bridgehead atoms. The number of benzene rings is 4. The second-order valence-electron chi connectivity index (χ2n) is 9.95. The van der Waals surface area contributed by atoms with Crippen LogP contribution in [0.15, 0.2) is 96.0 Å². The van der Waals surface area contributed by atoms with Gasteiger partial charge in [0, 0.05) is 29.3 Å². The van der Waals surface area contributed by atoms with Crippen LogP contribution in [0.1, 0.15) is 48.3 Å². The van der Waals surface area contributed by atoms with Crippen molar-refractivity contribution in [2.24, 2.45) is 4.99 Å². The predicted octanol–water partition coefficient (Wildman–Crippen LogP) is 10.1. The first-order chi connectivity index (χ1) is 22.3. The number of carboxylic acids is 1. The molecule has 4 aromatic carbocycles. The average Bonchev–Trinajstić information content (AvgIpc) is 3.04. The van der Waals surface area contributed by atoms with Crippen molar-refractivity contribution in [3.63, 3.8) is 0 Å². The van der Waals surface area contributed by atoms with Crippen molar-refractivity contribution in [3.8, 4) is 16.9 Å². The summed E-state index contributed by atoms with van der Waals surface area (Å²) >= 11 is 15.5. The third-order valence-corrected chi connectivity index (χ3v) is 7.38. The molecule has 1 atom stereocenters. The van der Waals surface area contributed by atoms with Crippen LogP contribution >= 0.6 is 35.8 Å². The number of aliphatic imine (C=N–C) groups is 1. The number of amidine groups is 1. The van der Waals surface area contributed by atoms with E-state index in [1.165, 1.54) is 0 Å². The Kier molecular flexibility index (Phi) is 16.0. The van der Waals surface area contributed by atoms with Crippen molar-refractivity contribution in [3.05, 3.63) is 118 Å². The summed E-state index contributed by atoms with van der Waals surface area (Å²) < 4.78 is 38.3. The zero-order valence-electron chi connectivity index (χ0n) is 26.4. The number of nitrogens with two attached hydrogens (primary N) is 1. The van der Waals surface area contributed by atoms with Gasteiger partial charge >= 0.3 is 12.1 Å². The molecule has 0 saturated carbocycles. The molecule has 0 spiro atoms. The zero-order valence-corrected chi connectivity index (χ0v) is 28.8. The molecule has 0 aliphatic rings. The predicted molar refractivity (Wildman–Crippen MR) is 190 cm³/mol. The van der Waals surface area contributed by atoms with E-state index in [1.54, 1.807) is 36.4 Å². The molecule has 1 unspecified atom stereocenters. The number of thiol groups is 1. The van der Waals surface area contributed by atoms with E-state index in [9.17, 15) is 23.1 Å². The Balaban J connectivity index is 0.000000863. The van der Waals surface area contributed by atoms with Gasteiger partial charge in [0.05, 0.1) is 17.4 Å². The van der Waals surface area contributed by atoms with Crippen LogP contribution in [0.2, 0.25) is 10.0 Å². The number of carboxylic acid groups (broad SMARTS) is 1. The van der Waals surface area contributed by atoms with Crippen LogP contribution in [-0.4, -0.2) is 47.4 Å². The van der Waals surface area contributed by atoms with Crippen molar-refractivity contribution in [2.75, 3.05) is 25.1 Å². The Hall–Kier alpha value is -3.86. The Morgan fingerprint density at radius 3 is 1.98 bits per heavy atom. The summed E-state index contributed by atoms with van der Waals surface area (Å²) in [5.41, 5.74) is 10.7. The maximum atomic E-state index is 11.2. The van der Waals surface area contributed by atoms with E-state index in [4.69, 9.17) is 38.7 Å². The van der Waals surface area contributed by atoms with Gasteiger partial charge in [-0.15, -0.1) is 0 Å². The molecule has 0 fully saturated rings. The summed E-state index contributed by atoms with van der Waals surface area (Å²) in [7, 11) is 1.92. The van der Waals surface area contributed by atoms with Gasteiger partial charge in [-0.1, -0.05) is 79.5 Å². The number of likely N-dealkylation sites (N-methyl/N-ethyl adjacent to an activating group) is 1. The molecular formula is C35H38Cl2F3N3O3S. The molecule has 0 saturated heterocycles. The Morgan fingerprint density at radius 2 is 1.49 bits per heavy atom. The molecule has 12 heteroatoms. The fraction of sp³-hybridized carbons (Fsp3) is 0.257. The van der Waals surface area contributed by atoms with Gasteiger partial charge in [-0.25, -0.2) is 4.79 Å². The fourth-order valence-electron chi connectivity index (χ4n) is 4.06. The summed E-state index contributed by atoms with van der Waals surface area (Å²) in [5.74, 6) is -0.578. The van der Waals surface area contributed by atoms with Gasteiger partial charge in [-0.05, 0) is 77.7 Å². The number of carbonyl (C=O) groups is 1. The van der Waals surface area contributed by atoms with Crippen molar-refractivity contribution in [2.45, 2.75) is 39.5 Å². The topological polar surface area (TPSA) is 88.2 Å². The Morgan fingerprint density at radius 1 is 0.957 bits per heavy atom. The van der Waals surface area contributed by atoms with Crippen LogP contribution in [0.4, 0.5) is 18.9 Å². The van der Waals surface area contributed by atoms with Crippen LogP contribution in [-0.2, 0) is 6.54 Å². The lowest BCUT2D eigenvalue weighted by molar-refractivity contribution is -0.104. The van der Waals surface area contributed by atoms with Crippen LogP contribution in [0.25, 0.3) is 11.1 Å². The molecule has 0 aliphatic heterocycles. The first-order valence-corrected chi connectivity index (χ1v) is 16.0. The minimum atomic E-state index is -4.09. The highest BCUT2D eigenvalue weighted by atomic mass is 35.5. The van der Waals surface area contributed by atoms with Crippen LogP contribution < -0.4 is 10.5 Å².